The molecule has 0 aliphatic carbocycles. The van der Waals surface area contributed by atoms with Crippen LogP contribution in [0.5, 0.6) is 5.75 Å². The molecule has 0 radical (unpaired) electrons. The van der Waals surface area contributed by atoms with Crippen LogP contribution in [0.15, 0.2) is 18.2 Å². The average Bonchev–Trinajstić information content (AvgIpc) is 2.28. The van der Waals surface area contributed by atoms with Crippen LogP contribution in [-0.4, -0.2) is 25.5 Å². The van der Waals surface area contributed by atoms with Crippen molar-refractivity contribution in [3.05, 3.63) is 29.3 Å². The molecule has 4 heteroatoms. The van der Waals surface area contributed by atoms with Crippen molar-refractivity contribution >= 4 is 11.8 Å². The number of methoxy groups -OCH3 is 1. The number of carbonyl (C=O) groups is 2. The monoisotopic (exact) mass is 222 g/mol. The molecular weight excluding hydrogens is 208 g/mol. The van der Waals surface area contributed by atoms with Gasteiger partial charge in [0.1, 0.15) is 5.75 Å². The fourth-order valence-corrected chi connectivity index (χ4v) is 1.33. The molecule has 0 unspecified atom stereocenters. The number of hydrogen-bond donors (Lipinski definition) is 0. The zero-order valence-electron chi connectivity index (χ0n) is 9.57. The van der Waals surface area contributed by atoms with E-state index >= 15 is 0 Å². The summed E-state index contributed by atoms with van der Waals surface area (Å²) in [6.45, 7) is 3.73. The molecule has 1 aromatic carbocycles. The van der Waals surface area contributed by atoms with E-state index in [0.717, 1.165) is 0 Å². The quantitative estimate of drug-likeness (QED) is 0.578. The van der Waals surface area contributed by atoms with Crippen LogP contribution in [-0.2, 0) is 4.74 Å². The number of hydrogen-bond acceptors (Lipinski definition) is 4. The highest BCUT2D eigenvalue weighted by atomic mass is 16.5. The van der Waals surface area contributed by atoms with Gasteiger partial charge in [-0.2, -0.15) is 0 Å². The summed E-state index contributed by atoms with van der Waals surface area (Å²) in [7, 11) is 1.30. The van der Waals surface area contributed by atoms with Gasteiger partial charge in [-0.15, -0.1) is 0 Å². The first-order valence-electron chi connectivity index (χ1n) is 4.96. The Morgan fingerprint density at radius 1 is 1.31 bits per heavy atom. The van der Waals surface area contributed by atoms with Gasteiger partial charge in [-0.1, -0.05) is 0 Å². The summed E-state index contributed by atoms with van der Waals surface area (Å²) in [5, 5.41) is 0. The highest BCUT2D eigenvalue weighted by Gasteiger charge is 2.13. The molecule has 4 nitrogen and oxygen atoms in total. The lowest BCUT2D eigenvalue weighted by molar-refractivity contribution is 0.0600. The molecule has 16 heavy (non-hydrogen) atoms. The lowest BCUT2D eigenvalue weighted by Gasteiger charge is -2.09. The van der Waals surface area contributed by atoms with Crippen LogP contribution in [0.3, 0.4) is 0 Å². The van der Waals surface area contributed by atoms with Gasteiger partial charge in [0.15, 0.2) is 5.78 Å². The van der Waals surface area contributed by atoms with E-state index in [0.29, 0.717) is 23.5 Å². The predicted octanol–water partition coefficient (Wildman–Crippen LogP) is 2.07. The van der Waals surface area contributed by atoms with Crippen molar-refractivity contribution < 1.29 is 19.1 Å². The highest BCUT2D eigenvalue weighted by Crippen LogP contribution is 2.21. The van der Waals surface area contributed by atoms with Crippen LogP contribution >= 0.6 is 0 Å². The highest BCUT2D eigenvalue weighted by molar-refractivity contribution is 6.00. The lowest BCUT2D eigenvalue weighted by atomic mass is 10.1. The number of ketones is 1. The summed E-state index contributed by atoms with van der Waals surface area (Å²) in [5.41, 5.74) is 0.737. The summed E-state index contributed by atoms with van der Waals surface area (Å²) in [6.07, 6.45) is 0. The smallest absolute Gasteiger partial charge is 0.337 e. The van der Waals surface area contributed by atoms with E-state index < -0.39 is 5.97 Å². The van der Waals surface area contributed by atoms with Gasteiger partial charge in [0.2, 0.25) is 0 Å². The Kier molecular flexibility index (Phi) is 4.05. The third-order valence-corrected chi connectivity index (χ3v) is 2.08. The maximum atomic E-state index is 11.4. The minimum Gasteiger partial charge on any atom is -0.493 e. The number of esters is 1. The number of benzene rings is 1. The molecule has 86 valence electrons. The maximum Gasteiger partial charge on any atom is 0.337 e. The third-order valence-electron chi connectivity index (χ3n) is 2.08. The molecule has 0 aliphatic heterocycles. The molecule has 0 fully saturated rings. The lowest BCUT2D eigenvalue weighted by Crippen LogP contribution is -2.06. The molecule has 0 atom stereocenters. The Bertz CT molecular complexity index is 409. The van der Waals surface area contributed by atoms with Crippen molar-refractivity contribution in [2.45, 2.75) is 13.8 Å². The summed E-state index contributed by atoms with van der Waals surface area (Å²) in [5.74, 6) is -0.123. The number of Topliss-reactive ketones (excluding diaryl/α,β-unsaturated/α-hetero) is 1. The Labute approximate surface area is 94.2 Å². The molecule has 0 aromatic heterocycles. The van der Waals surface area contributed by atoms with Crippen molar-refractivity contribution in [1.29, 1.82) is 0 Å². The average molecular weight is 222 g/mol. The van der Waals surface area contributed by atoms with E-state index in [2.05, 4.69) is 4.74 Å². The van der Waals surface area contributed by atoms with E-state index in [-0.39, 0.29) is 5.78 Å². The molecule has 0 amide bonds. The predicted molar refractivity (Wildman–Crippen MR) is 59.0 cm³/mol. The summed E-state index contributed by atoms with van der Waals surface area (Å²) in [6, 6.07) is 4.66. The third kappa shape index (κ3) is 2.59. The summed E-state index contributed by atoms with van der Waals surface area (Å²) < 4.78 is 9.87. The topological polar surface area (TPSA) is 52.6 Å². The largest absolute Gasteiger partial charge is 0.493 e. The second-order valence-electron chi connectivity index (χ2n) is 3.19. The second kappa shape index (κ2) is 5.30. The van der Waals surface area contributed by atoms with Crippen molar-refractivity contribution in [2.24, 2.45) is 0 Å². The van der Waals surface area contributed by atoms with Gasteiger partial charge in [-0.05, 0) is 32.0 Å². The van der Waals surface area contributed by atoms with Crippen LogP contribution < -0.4 is 4.74 Å². The maximum absolute atomic E-state index is 11.4. The zero-order valence-corrected chi connectivity index (χ0v) is 9.57. The molecule has 0 spiro atoms. The van der Waals surface area contributed by atoms with Crippen LogP contribution in [0.4, 0.5) is 0 Å². The Morgan fingerprint density at radius 3 is 2.50 bits per heavy atom. The van der Waals surface area contributed by atoms with Gasteiger partial charge in [0.05, 0.1) is 24.8 Å². The first-order chi connectivity index (χ1) is 7.60. The molecule has 0 bridgehead atoms. The van der Waals surface area contributed by atoms with Crippen LogP contribution in [0.1, 0.15) is 34.6 Å². The van der Waals surface area contributed by atoms with Gasteiger partial charge < -0.3 is 9.47 Å². The fourth-order valence-electron chi connectivity index (χ4n) is 1.33. The molecule has 1 rings (SSSR count). The first kappa shape index (κ1) is 12.2. The van der Waals surface area contributed by atoms with Gasteiger partial charge >= 0.3 is 5.97 Å². The van der Waals surface area contributed by atoms with Crippen molar-refractivity contribution in [2.75, 3.05) is 13.7 Å². The van der Waals surface area contributed by atoms with Gasteiger partial charge in [-0.25, -0.2) is 4.79 Å². The standard InChI is InChI=1S/C12H14O4/c1-4-16-11-6-5-9(12(14)15-3)7-10(11)8(2)13/h5-7H,4H2,1-3H3. The van der Waals surface area contributed by atoms with Gasteiger partial charge in [-0.3, -0.25) is 4.79 Å². The number of rotatable bonds is 4. The molecule has 0 N–H and O–H groups in total. The molecule has 0 saturated heterocycles. The van der Waals surface area contributed by atoms with E-state index in [1.54, 1.807) is 12.1 Å². The second-order valence-corrected chi connectivity index (χ2v) is 3.19. The number of carbonyl (C=O) groups excluding carboxylic acids is 2. The van der Waals surface area contributed by atoms with Crippen molar-refractivity contribution in [3.8, 4) is 5.75 Å². The molecular formula is C12H14O4. The normalized spacial score (nSPS) is 9.69. The zero-order chi connectivity index (χ0) is 12.1. The van der Waals surface area contributed by atoms with E-state index in [1.165, 1.54) is 20.1 Å². The minimum atomic E-state index is -0.467. The van der Waals surface area contributed by atoms with Gasteiger partial charge in [0, 0.05) is 0 Å². The number of ether oxygens (including phenoxy) is 2. The first-order valence-corrected chi connectivity index (χ1v) is 4.96. The van der Waals surface area contributed by atoms with Crippen molar-refractivity contribution in [1.82, 2.24) is 0 Å². The minimum absolute atomic E-state index is 0.144. The van der Waals surface area contributed by atoms with Gasteiger partial charge in [0.25, 0.3) is 0 Å². The molecule has 0 heterocycles. The van der Waals surface area contributed by atoms with Crippen LogP contribution in [0, 0.1) is 0 Å². The molecule has 0 aliphatic rings. The van der Waals surface area contributed by atoms with E-state index in [4.69, 9.17) is 4.74 Å². The fraction of sp³-hybridized carbons (Fsp3) is 0.333. The molecule has 0 saturated carbocycles. The Morgan fingerprint density at radius 2 is 2.00 bits per heavy atom. The summed E-state index contributed by atoms with van der Waals surface area (Å²) in [4.78, 5) is 22.7. The van der Waals surface area contributed by atoms with E-state index in [9.17, 15) is 9.59 Å². The van der Waals surface area contributed by atoms with Crippen LogP contribution in [0.25, 0.3) is 0 Å². The van der Waals surface area contributed by atoms with E-state index in [1.807, 2.05) is 6.92 Å². The Hall–Kier alpha value is -1.84. The Balaban J connectivity index is 3.17. The van der Waals surface area contributed by atoms with Crippen molar-refractivity contribution in [3.63, 3.8) is 0 Å². The summed E-state index contributed by atoms with van der Waals surface area (Å²) >= 11 is 0. The SMILES string of the molecule is CCOc1ccc(C(=O)OC)cc1C(C)=O. The molecule has 1 aromatic rings. The van der Waals surface area contributed by atoms with Crippen LogP contribution in [0.2, 0.25) is 0 Å².